The Kier molecular flexibility index (Phi) is 4.59. The number of rotatable bonds is 4. The summed E-state index contributed by atoms with van der Waals surface area (Å²) in [5.74, 6) is 1.96. The van der Waals surface area contributed by atoms with Gasteiger partial charge in [0.05, 0.1) is 6.10 Å². The second-order valence-corrected chi connectivity index (χ2v) is 5.34. The number of pyridine rings is 1. The van der Waals surface area contributed by atoms with Crippen molar-refractivity contribution in [3.05, 3.63) is 23.9 Å². The first-order valence-electron chi connectivity index (χ1n) is 7.09. The van der Waals surface area contributed by atoms with E-state index in [4.69, 9.17) is 0 Å². The Labute approximate surface area is 110 Å². The molecule has 1 N–H and O–H groups in total. The van der Waals surface area contributed by atoms with E-state index in [0.29, 0.717) is 0 Å². The molecule has 1 aromatic rings. The van der Waals surface area contributed by atoms with E-state index in [2.05, 4.69) is 16.8 Å². The smallest absolute Gasteiger partial charge is 0.128 e. The molecule has 1 atom stereocenters. The minimum absolute atomic E-state index is 0.429. The second-order valence-electron chi connectivity index (χ2n) is 5.34. The summed E-state index contributed by atoms with van der Waals surface area (Å²) in [7, 11) is 0. The van der Waals surface area contributed by atoms with Crippen molar-refractivity contribution in [2.75, 3.05) is 18.0 Å². The van der Waals surface area contributed by atoms with Crippen LogP contribution < -0.4 is 4.90 Å². The first-order chi connectivity index (χ1) is 8.70. The Morgan fingerprint density at radius 3 is 2.61 bits per heavy atom. The summed E-state index contributed by atoms with van der Waals surface area (Å²) in [6.07, 6.45) is 6.59. The van der Waals surface area contributed by atoms with E-state index >= 15 is 0 Å². The number of piperidine rings is 1. The third-order valence-corrected chi connectivity index (χ3v) is 3.89. The minimum atomic E-state index is -0.429. The molecule has 100 valence electrons. The van der Waals surface area contributed by atoms with Crippen LogP contribution in [0.25, 0.3) is 0 Å². The lowest BCUT2D eigenvalue weighted by Crippen LogP contribution is -2.34. The SMILES string of the molecule is CCCC1CCN(c2ccc(C(C)O)cn2)CC1. The quantitative estimate of drug-likeness (QED) is 0.889. The lowest BCUT2D eigenvalue weighted by Gasteiger charge is -2.32. The molecule has 0 aromatic carbocycles. The van der Waals surface area contributed by atoms with Crippen molar-refractivity contribution in [1.29, 1.82) is 0 Å². The van der Waals surface area contributed by atoms with Gasteiger partial charge in [0.2, 0.25) is 0 Å². The van der Waals surface area contributed by atoms with Crippen LogP contribution in [0.5, 0.6) is 0 Å². The molecule has 1 aliphatic rings. The van der Waals surface area contributed by atoms with Crippen LogP contribution in [0.15, 0.2) is 18.3 Å². The lowest BCUT2D eigenvalue weighted by molar-refractivity contribution is 0.199. The normalized spacial score (nSPS) is 18.9. The topological polar surface area (TPSA) is 36.4 Å². The summed E-state index contributed by atoms with van der Waals surface area (Å²) in [5.41, 5.74) is 0.889. The highest BCUT2D eigenvalue weighted by Crippen LogP contribution is 2.25. The zero-order valence-corrected chi connectivity index (χ0v) is 11.5. The average molecular weight is 248 g/mol. The molecular weight excluding hydrogens is 224 g/mol. The van der Waals surface area contributed by atoms with E-state index in [1.54, 1.807) is 13.1 Å². The Balaban J connectivity index is 1.93. The lowest BCUT2D eigenvalue weighted by atomic mass is 9.92. The molecule has 0 saturated carbocycles. The van der Waals surface area contributed by atoms with Crippen molar-refractivity contribution in [3.63, 3.8) is 0 Å². The highest BCUT2D eigenvalue weighted by atomic mass is 16.3. The van der Waals surface area contributed by atoms with Crippen LogP contribution in [-0.2, 0) is 0 Å². The first kappa shape index (κ1) is 13.3. The molecule has 1 unspecified atom stereocenters. The van der Waals surface area contributed by atoms with Crippen molar-refractivity contribution in [1.82, 2.24) is 4.98 Å². The van der Waals surface area contributed by atoms with E-state index in [0.717, 1.165) is 30.4 Å². The number of aliphatic hydroxyl groups excluding tert-OH is 1. The van der Waals surface area contributed by atoms with Gasteiger partial charge in [-0.2, -0.15) is 0 Å². The predicted octanol–water partition coefficient (Wildman–Crippen LogP) is 3.15. The fraction of sp³-hybridized carbons (Fsp3) is 0.667. The molecule has 2 heterocycles. The second kappa shape index (κ2) is 6.19. The monoisotopic (exact) mass is 248 g/mol. The summed E-state index contributed by atoms with van der Waals surface area (Å²) < 4.78 is 0. The maximum Gasteiger partial charge on any atom is 0.128 e. The van der Waals surface area contributed by atoms with Crippen molar-refractivity contribution < 1.29 is 5.11 Å². The zero-order valence-electron chi connectivity index (χ0n) is 11.5. The van der Waals surface area contributed by atoms with Gasteiger partial charge in [-0.25, -0.2) is 4.98 Å². The molecule has 0 aliphatic carbocycles. The van der Waals surface area contributed by atoms with E-state index in [1.165, 1.54) is 25.7 Å². The molecule has 1 aromatic heterocycles. The molecule has 0 amide bonds. The van der Waals surface area contributed by atoms with Gasteiger partial charge in [0.25, 0.3) is 0 Å². The van der Waals surface area contributed by atoms with Crippen LogP contribution in [0, 0.1) is 5.92 Å². The van der Waals surface area contributed by atoms with Crippen molar-refractivity contribution in [2.24, 2.45) is 5.92 Å². The van der Waals surface area contributed by atoms with E-state index in [1.807, 2.05) is 12.1 Å². The van der Waals surface area contributed by atoms with Gasteiger partial charge in [-0.05, 0) is 37.3 Å². The van der Waals surface area contributed by atoms with Gasteiger partial charge in [0.15, 0.2) is 0 Å². The fourth-order valence-corrected chi connectivity index (χ4v) is 2.69. The fourth-order valence-electron chi connectivity index (χ4n) is 2.69. The average Bonchev–Trinajstić information content (AvgIpc) is 2.40. The van der Waals surface area contributed by atoms with Crippen LogP contribution >= 0.6 is 0 Å². The molecule has 1 fully saturated rings. The maximum absolute atomic E-state index is 9.47. The predicted molar refractivity (Wildman–Crippen MR) is 74.7 cm³/mol. The number of aliphatic hydroxyl groups is 1. The molecule has 0 spiro atoms. The summed E-state index contributed by atoms with van der Waals surface area (Å²) in [5, 5.41) is 9.47. The molecule has 18 heavy (non-hydrogen) atoms. The third kappa shape index (κ3) is 3.22. The Hall–Kier alpha value is -1.09. The molecular formula is C15H24N2O. The van der Waals surface area contributed by atoms with Crippen LogP contribution in [0.2, 0.25) is 0 Å². The molecule has 1 saturated heterocycles. The maximum atomic E-state index is 9.47. The van der Waals surface area contributed by atoms with Gasteiger partial charge < -0.3 is 10.0 Å². The van der Waals surface area contributed by atoms with Crippen LogP contribution in [0.1, 0.15) is 51.2 Å². The molecule has 0 radical (unpaired) electrons. The molecule has 1 aliphatic heterocycles. The molecule has 3 nitrogen and oxygen atoms in total. The molecule has 3 heteroatoms. The number of anilines is 1. The highest BCUT2D eigenvalue weighted by molar-refractivity contribution is 5.40. The summed E-state index contributed by atoms with van der Waals surface area (Å²) in [6, 6.07) is 4.01. The molecule has 2 rings (SSSR count). The zero-order chi connectivity index (χ0) is 13.0. The van der Waals surface area contributed by atoms with Crippen LogP contribution in [-0.4, -0.2) is 23.2 Å². The van der Waals surface area contributed by atoms with Gasteiger partial charge in [-0.15, -0.1) is 0 Å². The standard InChI is InChI=1S/C15H24N2O/c1-3-4-13-7-9-17(10-8-13)15-6-5-14(11-16-15)12(2)18/h5-6,11-13,18H,3-4,7-10H2,1-2H3. The van der Waals surface area contributed by atoms with Gasteiger partial charge in [-0.1, -0.05) is 25.8 Å². The first-order valence-corrected chi connectivity index (χ1v) is 7.09. The van der Waals surface area contributed by atoms with Gasteiger partial charge in [0, 0.05) is 19.3 Å². The van der Waals surface area contributed by atoms with Gasteiger partial charge in [-0.3, -0.25) is 0 Å². The van der Waals surface area contributed by atoms with Crippen molar-refractivity contribution in [3.8, 4) is 0 Å². The largest absolute Gasteiger partial charge is 0.389 e. The number of nitrogens with zero attached hydrogens (tertiary/aromatic N) is 2. The summed E-state index contributed by atoms with van der Waals surface area (Å²) >= 11 is 0. The Morgan fingerprint density at radius 1 is 1.39 bits per heavy atom. The Morgan fingerprint density at radius 2 is 2.11 bits per heavy atom. The minimum Gasteiger partial charge on any atom is -0.389 e. The number of hydrogen-bond donors (Lipinski definition) is 1. The van der Waals surface area contributed by atoms with Crippen molar-refractivity contribution >= 4 is 5.82 Å². The van der Waals surface area contributed by atoms with Crippen LogP contribution in [0.3, 0.4) is 0 Å². The number of hydrogen-bond acceptors (Lipinski definition) is 3. The van der Waals surface area contributed by atoms with E-state index in [-0.39, 0.29) is 0 Å². The summed E-state index contributed by atoms with van der Waals surface area (Å²) in [6.45, 7) is 6.27. The molecule has 0 bridgehead atoms. The van der Waals surface area contributed by atoms with E-state index < -0.39 is 6.10 Å². The van der Waals surface area contributed by atoms with Gasteiger partial charge in [0.1, 0.15) is 5.82 Å². The Bertz CT molecular complexity index is 353. The summed E-state index contributed by atoms with van der Waals surface area (Å²) in [4.78, 5) is 6.82. The van der Waals surface area contributed by atoms with E-state index in [9.17, 15) is 5.11 Å². The van der Waals surface area contributed by atoms with Crippen molar-refractivity contribution in [2.45, 2.75) is 45.6 Å². The van der Waals surface area contributed by atoms with Crippen LogP contribution in [0.4, 0.5) is 5.82 Å². The highest BCUT2D eigenvalue weighted by Gasteiger charge is 2.19. The van der Waals surface area contributed by atoms with Gasteiger partial charge >= 0.3 is 0 Å². The number of aromatic nitrogens is 1. The third-order valence-electron chi connectivity index (χ3n) is 3.89.